The number of hydrogen-bond acceptors (Lipinski definition) is 6. The van der Waals surface area contributed by atoms with Gasteiger partial charge in [0.1, 0.15) is 17.6 Å². The topological polar surface area (TPSA) is 82.4 Å². The maximum Gasteiger partial charge on any atom is 0.257 e. The van der Waals surface area contributed by atoms with Crippen molar-refractivity contribution in [3.05, 3.63) is 59.0 Å². The van der Waals surface area contributed by atoms with Gasteiger partial charge in [0.2, 0.25) is 0 Å². The first kappa shape index (κ1) is 19.6. The van der Waals surface area contributed by atoms with E-state index in [0.717, 1.165) is 6.20 Å². The van der Waals surface area contributed by atoms with Crippen molar-refractivity contribution in [3.8, 4) is 17.3 Å². The minimum atomic E-state index is -0.577. The Hall–Kier alpha value is -3.40. The van der Waals surface area contributed by atoms with E-state index in [1.807, 2.05) is 4.57 Å². The maximum atomic E-state index is 14.6. The van der Waals surface area contributed by atoms with Crippen molar-refractivity contribution < 1.29 is 23.0 Å². The first-order valence-corrected chi connectivity index (χ1v) is 9.78. The average molecular weight is 427 g/mol. The highest BCUT2D eigenvalue weighted by atomic mass is 19.1. The fraction of sp³-hybridized carbons (Fsp3) is 0.333. The van der Waals surface area contributed by atoms with Crippen molar-refractivity contribution in [2.45, 2.75) is 25.6 Å². The smallest absolute Gasteiger partial charge is 0.257 e. The number of aryl methyl sites for hydroxylation is 1. The number of fused-ring (bicyclic) bond motifs is 4. The molecule has 2 aromatic heterocycles. The fourth-order valence-corrected chi connectivity index (χ4v) is 4.17. The zero-order valence-electron chi connectivity index (χ0n) is 16.9. The molecule has 8 nitrogen and oxygen atoms in total. The number of ether oxygens (including phenoxy) is 2. The van der Waals surface area contributed by atoms with Crippen LogP contribution in [0.4, 0.5) is 8.78 Å². The van der Waals surface area contributed by atoms with Gasteiger partial charge in [-0.05, 0) is 18.6 Å². The zero-order valence-corrected chi connectivity index (χ0v) is 16.9. The molecule has 0 aliphatic carbocycles. The van der Waals surface area contributed by atoms with Crippen molar-refractivity contribution in [2.75, 3.05) is 20.3 Å². The van der Waals surface area contributed by atoms with Crippen LogP contribution in [0.2, 0.25) is 0 Å². The van der Waals surface area contributed by atoms with Gasteiger partial charge in [0.15, 0.2) is 23.2 Å². The number of amides is 1. The quantitative estimate of drug-likeness (QED) is 0.639. The third-order valence-electron chi connectivity index (χ3n) is 5.71. The summed E-state index contributed by atoms with van der Waals surface area (Å²) >= 11 is 0. The minimum Gasteiger partial charge on any atom is -0.494 e. The van der Waals surface area contributed by atoms with Crippen LogP contribution in [-0.2, 0) is 11.3 Å². The molecular weight excluding hydrogens is 408 g/mol. The molecule has 0 spiro atoms. The summed E-state index contributed by atoms with van der Waals surface area (Å²) in [7, 11) is 1.37. The Morgan fingerprint density at radius 1 is 1.26 bits per heavy atom. The third kappa shape index (κ3) is 3.05. The number of hydrogen-bond donors (Lipinski definition) is 0. The molecule has 0 N–H and O–H groups in total. The molecule has 1 fully saturated rings. The summed E-state index contributed by atoms with van der Waals surface area (Å²) in [5.41, 5.74) is 0.835. The van der Waals surface area contributed by atoms with Crippen LogP contribution in [0.3, 0.4) is 0 Å². The molecule has 3 aromatic rings. The summed E-state index contributed by atoms with van der Waals surface area (Å²) in [4.78, 5) is 19.0. The number of rotatable bonds is 3. The fourth-order valence-electron chi connectivity index (χ4n) is 4.17. The van der Waals surface area contributed by atoms with Gasteiger partial charge in [-0.2, -0.15) is 0 Å². The molecule has 10 heteroatoms. The lowest BCUT2D eigenvalue weighted by Crippen LogP contribution is -2.56. The van der Waals surface area contributed by atoms with Crippen molar-refractivity contribution in [3.63, 3.8) is 0 Å². The number of pyridine rings is 1. The van der Waals surface area contributed by atoms with Gasteiger partial charge in [0.05, 0.1) is 38.1 Å². The van der Waals surface area contributed by atoms with Gasteiger partial charge in [-0.1, -0.05) is 12.1 Å². The Morgan fingerprint density at radius 3 is 2.90 bits per heavy atom. The molecule has 2 aliphatic heterocycles. The SMILES string of the molecule is COc1cc(-c2nnc3n2C[C@@H]2COC[C@H]3N2C(=O)c2cccc(C)c2F)ncc1F. The van der Waals surface area contributed by atoms with Crippen LogP contribution >= 0.6 is 0 Å². The van der Waals surface area contributed by atoms with Gasteiger partial charge in [-0.25, -0.2) is 13.8 Å². The van der Waals surface area contributed by atoms with Gasteiger partial charge in [0, 0.05) is 12.6 Å². The molecule has 2 atom stereocenters. The lowest BCUT2D eigenvalue weighted by Gasteiger charge is -2.45. The number of benzene rings is 1. The number of nitrogens with zero attached hydrogens (tertiary/aromatic N) is 5. The van der Waals surface area contributed by atoms with Gasteiger partial charge in [-0.3, -0.25) is 4.79 Å². The largest absolute Gasteiger partial charge is 0.494 e. The Balaban J connectivity index is 1.55. The van der Waals surface area contributed by atoms with Crippen LogP contribution in [0.5, 0.6) is 5.75 Å². The van der Waals surface area contributed by atoms with E-state index in [-0.39, 0.29) is 24.0 Å². The van der Waals surface area contributed by atoms with Crippen LogP contribution in [-0.4, -0.2) is 56.9 Å². The number of methoxy groups -OCH3 is 1. The predicted molar refractivity (Wildman–Crippen MR) is 104 cm³/mol. The number of carbonyl (C=O) groups excluding carboxylic acids is 1. The summed E-state index contributed by atoms with van der Waals surface area (Å²) in [6, 6.07) is 5.37. The number of morpholine rings is 1. The molecular formula is C21H19F2N5O3. The van der Waals surface area contributed by atoms with Crippen molar-refractivity contribution >= 4 is 5.91 Å². The van der Waals surface area contributed by atoms with Crippen molar-refractivity contribution in [1.29, 1.82) is 0 Å². The molecule has 4 heterocycles. The van der Waals surface area contributed by atoms with Gasteiger partial charge in [0.25, 0.3) is 5.91 Å². The molecule has 1 amide bonds. The highest BCUT2D eigenvalue weighted by Gasteiger charge is 2.44. The first-order valence-electron chi connectivity index (χ1n) is 9.78. The van der Waals surface area contributed by atoms with Gasteiger partial charge < -0.3 is 18.9 Å². The second kappa shape index (κ2) is 7.38. The average Bonchev–Trinajstić information content (AvgIpc) is 3.18. The zero-order chi connectivity index (χ0) is 21.7. The molecule has 0 saturated carbocycles. The molecule has 0 unspecified atom stereocenters. The number of carbonyl (C=O) groups is 1. The monoisotopic (exact) mass is 427 g/mol. The summed E-state index contributed by atoms with van der Waals surface area (Å²) in [5.74, 6) is -0.504. The summed E-state index contributed by atoms with van der Waals surface area (Å²) < 4.78 is 41.0. The standard InChI is InChI=1S/C21H19F2N5O3/c1-11-4-3-5-13(18(11)23)21(29)28-12-8-27-19(15-6-17(30-2)14(22)7-24-15)25-26-20(27)16(28)10-31-9-12/h3-7,12,16H,8-10H2,1-2H3/t12-,16-/m1/s1. The molecule has 1 saturated heterocycles. The molecule has 1 aromatic carbocycles. The van der Waals surface area contributed by atoms with Crippen LogP contribution in [0.15, 0.2) is 30.5 Å². The second-order valence-electron chi connectivity index (χ2n) is 7.55. The van der Waals surface area contributed by atoms with Gasteiger partial charge >= 0.3 is 0 Å². The Bertz CT molecular complexity index is 1180. The highest BCUT2D eigenvalue weighted by Crippen LogP contribution is 2.36. The van der Waals surface area contributed by atoms with E-state index >= 15 is 0 Å². The summed E-state index contributed by atoms with van der Waals surface area (Å²) in [6.07, 6.45) is 1.07. The van der Waals surface area contributed by atoms with E-state index in [4.69, 9.17) is 9.47 Å². The Morgan fingerprint density at radius 2 is 2.10 bits per heavy atom. The molecule has 31 heavy (non-hydrogen) atoms. The van der Waals surface area contributed by atoms with E-state index in [1.165, 1.54) is 19.2 Å². The van der Waals surface area contributed by atoms with E-state index < -0.39 is 23.6 Å². The highest BCUT2D eigenvalue weighted by molar-refractivity contribution is 5.95. The third-order valence-corrected chi connectivity index (χ3v) is 5.71. The Kier molecular flexibility index (Phi) is 4.66. The van der Waals surface area contributed by atoms with E-state index in [2.05, 4.69) is 15.2 Å². The van der Waals surface area contributed by atoms with Crippen molar-refractivity contribution in [1.82, 2.24) is 24.6 Å². The summed E-state index contributed by atoms with van der Waals surface area (Å²) in [5, 5.41) is 8.51. The van der Waals surface area contributed by atoms with Crippen LogP contribution < -0.4 is 4.74 Å². The van der Waals surface area contributed by atoms with E-state index in [0.29, 0.717) is 36.1 Å². The normalized spacial score (nSPS) is 19.8. The molecule has 2 aliphatic rings. The molecule has 5 rings (SSSR count). The van der Waals surface area contributed by atoms with E-state index in [9.17, 15) is 13.6 Å². The predicted octanol–water partition coefficient (Wildman–Crippen LogP) is 2.53. The maximum absolute atomic E-state index is 14.6. The minimum absolute atomic E-state index is 0.0232. The molecule has 0 radical (unpaired) electrons. The second-order valence-corrected chi connectivity index (χ2v) is 7.55. The van der Waals surface area contributed by atoms with Gasteiger partial charge in [-0.15, -0.1) is 10.2 Å². The molecule has 160 valence electrons. The Labute approximate surface area is 176 Å². The van der Waals surface area contributed by atoms with Crippen LogP contribution in [0.1, 0.15) is 27.8 Å². The lowest BCUT2D eigenvalue weighted by atomic mass is 10.0. The first-order chi connectivity index (χ1) is 15.0. The van der Waals surface area contributed by atoms with Crippen LogP contribution in [0, 0.1) is 18.6 Å². The number of aromatic nitrogens is 4. The van der Waals surface area contributed by atoms with Crippen molar-refractivity contribution in [2.24, 2.45) is 0 Å². The molecule has 2 bridgehead atoms. The van der Waals surface area contributed by atoms with Crippen LogP contribution in [0.25, 0.3) is 11.5 Å². The lowest BCUT2D eigenvalue weighted by molar-refractivity contribution is -0.0571. The summed E-state index contributed by atoms with van der Waals surface area (Å²) in [6.45, 7) is 2.48. The van der Waals surface area contributed by atoms with E-state index in [1.54, 1.807) is 24.0 Å². The number of halogens is 2.